The lowest BCUT2D eigenvalue weighted by molar-refractivity contribution is 0.424. The van der Waals surface area contributed by atoms with Crippen molar-refractivity contribution < 1.29 is 4.39 Å². The van der Waals surface area contributed by atoms with E-state index in [0.717, 1.165) is 17.7 Å². The Morgan fingerprint density at radius 3 is 2.46 bits per heavy atom. The first-order chi connectivity index (χ1) is 6.04. The minimum Gasteiger partial charge on any atom is -0.388 e. The van der Waals surface area contributed by atoms with Crippen LogP contribution in [0.25, 0.3) is 0 Å². The van der Waals surface area contributed by atoms with Gasteiger partial charge < -0.3 is 5.32 Å². The summed E-state index contributed by atoms with van der Waals surface area (Å²) in [5.41, 5.74) is 1.83. The molecule has 0 saturated heterocycles. The van der Waals surface area contributed by atoms with Gasteiger partial charge in [0.2, 0.25) is 0 Å². The second-order valence-electron chi connectivity index (χ2n) is 2.90. The fourth-order valence-corrected chi connectivity index (χ4v) is 1.20. The average molecular weight is 203 g/mol. The van der Waals surface area contributed by atoms with Crippen molar-refractivity contribution in [2.24, 2.45) is 0 Å². The van der Waals surface area contributed by atoms with Gasteiger partial charge >= 0.3 is 0 Å². The molecule has 0 heterocycles. The largest absolute Gasteiger partial charge is 0.388 e. The molecule has 0 aliphatic rings. The van der Waals surface area contributed by atoms with Crippen LogP contribution in [0.5, 0.6) is 0 Å². The lowest BCUT2D eigenvalue weighted by atomic mass is 10.1. The van der Waals surface area contributed by atoms with E-state index in [0.29, 0.717) is 4.91 Å². The Balaban J connectivity index is 4.82. The van der Waals surface area contributed by atoms with Gasteiger partial charge in [0.1, 0.15) is 6.17 Å². The van der Waals surface area contributed by atoms with Gasteiger partial charge in [0.05, 0.1) is 0 Å². The molecule has 0 aromatic carbocycles. The van der Waals surface area contributed by atoms with E-state index in [2.05, 4.69) is 17.9 Å². The van der Waals surface area contributed by atoms with Crippen LogP contribution in [0.4, 0.5) is 4.39 Å². The molecule has 3 heteroatoms. The highest BCUT2D eigenvalue weighted by molar-refractivity contribution is 7.84. The summed E-state index contributed by atoms with van der Waals surface area (Å²) in [5, 5.41) is 3.03. The van der Waals surface area contributed by atoms with Gasteiger partial charge in [-0.25, -0.2) is 4.39 Å². The minimum absolute atomic E-state index is 0.494. The van der Waals surface area contributed by atoms with E-state index < -0.39 is 6.17 Å². The molecule has 1 nitrogen and oxygen atoms in total. The van der Waals surface area contributed by atoms with Crippen LogP contribution in [0.3, 0.4) is 0 Å². The highest BCUT2D eigenvalue weighted by Crippen LogP contribution is 2.20. The van der Waals surface area contributed by atoms with Gasteiger partial charge in [-0.2, -0.15) is 0 Å². The number of allylic oxidation sites excluding steroid dienone is 3. The Morgan fingerprint density at radius 1 is 1.62 bits per heavy atom. The predicted molar refractivity (Wildman–Crippen MR) is 59.7 cm³/mol. The number of rotatable bonds is 4. The number of hydrogen-bond acceptors (Lipinski definition) is 2. The maximum atomic E-state index is 12.9. The summed E-state index contributed by atoms with van der Waals surface area (Å²) in [5.74, 6) is 0. The first-order valence-electron chi connectivity index (χ1n) is 4.46. The third kappa shape index (κ3) is 3.85. The average Bonchev–Trinajstić information content (AvgIpc) is 2.11. The number of alkyl halides is 1. The molecule has 0 aliphatic heterocycles. The van der Waals surface area contributed by atoms with Crippen LogP contribution >= 0.6 is 12.6 Å². The Kier molecular flexibility index (Phi) is 5.88. The van der Waals surface area contributed by atoms with Crippen molar-refractivity contribution in [2.75, 3.05) is 7.05 Å². The van der Waals surface area contributed by atoms with E-state index in [-0.39, 0.29) is 0 Å². The number of halogens is 1. The molecular formula is C10H18FNS. The van der Waals surface area contributed by atoms with Gasteiger partial charge in [0.15, 0.2) is 0 Å². The van der Waals surface area contributed by atoms with Crippen molar-refractivity contribution in [3.63, 3.8) is 0 Å². The Bertz CT molecular complexity index is 219. The maximum absolute atomic E-state index is 12.9. The molecule has 76 valence electrons. The summed E-state index contributed by atoms with van der Waals surface area (Å²) in [4.78, 5) is 0.494. The highest BCUT2D eigenvalue weighted by Gasteiger charge is 2.08. The highest BCUT2D eigenvalue weighted by atomic mass is 32.1. The molecule has 13 heavy (non-hydrogen) atoms. The molecule has 0 fully saturated rings. The Morgan fingerprint density at radius 2 is 2.15 bits per heavy atom. The van der Waals surface area contributed by atoms with E-state index in [9.17, 15) is 4.39 Å². The molecular weight excluding hydrogens is 185 g/mol. The number of nitrogens with one attached hydrogen (secondary N) is 1. The number of likely N-dealkylation sites (N-methyl/N-ethyl adjacent to an activating group) is 1. The van der Waals surface area contributed by atoms with Crippen molar-refractivity contribution in [1.82, 2.24) is 5.32 Å². The molecule has 1 N–H and O–H groups in total. The van der Waals surface area contributed by atoms with Crippen molar-refractivity contribution in [3.8, 4) is 0 Å². The fourth-order valence-electron chi connectivity index (χ4n) is 1.08. The topological polar surface area (TPSA) is 12.0 Å². The summed E-state index contributed by atoms with van der Waals surface area (Å²) in [6, 6.07) is 0. The molecule has 0 spiro atoms. The monoisotopic (exact) mass is 203 g/mol. The van der Waals surface area contributed by atoms with Crippen LogP contribution in [0, 0.1) is 0 Å². The van der Waals surface area contributed by atoms with Gasteiger partial charge in [-0.05, 0) is 25.8 Å². The van der Waals surface area contributed by atoms with Crippen LogP contribution < -0.4 is 5.32 Å². The van der Waals surface area contributed by atoms with Gasteiger partial charge in [0, 0.05) is 17.6 Å². The van der Waals surface area contributed by atoms with Crippen molar-refractivity contribution in [2.45, 2.75) is 33.4 Å². The maximum Gasteiger partial charge on any atom is 0.128 e. The third-order valence-corrected chi connectivity index (χ3v) is 2.53. The summed E-state index contributed by atoms with van der Waals surface area (Å²) in [6.45, 7) is 5.41. The molecule has 0 amide bonds. The Hall–Kier alpha value is -0.440. The Labute approximate surface area is 85.5 Å². The summed E-state index contributed by atoms with van der Waals surface area (Å²) < 4.78 is 12.9. The molecule has 0 bridgehead atoms. The normalized spacial score (nSPS) is 16.6. The zero-order valence-electron chi connectivity index (χ0n) is 8.69. The zero-order valence-corrected chi connectivity index (χ0v) is 9.58. The number of thiol groups is 1. The molecule has 1 unspecified atom stereocenters. The van der Waals surface area contributed by atoms with E-state index in [1.807, 2.05) is 27.0 Å². The first kappa shape index (κ1) is 12.6. The standard InChI is InChI=1S/C10H18FNS/c1-5-6-9(12-4)7(2)10(13)8(3)11/h6,8,12-13H,5H2,1-4H3/b9-6+,10-7+. The molecule has 0 rings (SSSR count). The van der Waals surface area contributed by atoms with Crippen LogP contribution in [-0.2, 0) is 0 Å². The molecule has 0 aliphatic carbocycles. The lowest BCUT2D eigenvalue weighted by Gasteiger charge is -2.11. The number of hydrogen-bond donors (Lipinski definition) is 2. The summed E-state index contributed by atoms with van der Waals surface area (Å²) in [6.07, 6.45) is 1.94. The zero-order chi connectivity index (χ0) is 10.4. The second kappa shape index (κ2) is 6.08. The lowest BCUT2D eigenvalue weighted by Crippen LogP contribution is -2.09. The van der Waals surface area contributed by atoms with Crippen LogP contribution in [0.2, 0.25) is 0 Å². The van der Waals surface area contributed by atoms with E-state index in [1.54, 1.807) is 0 Å². The van der Waals surface area contributed by atoms with E-state index >= 15 is 0 Å². The van der Waals surface area contributed by atoms with Crippen molar-refractivity contribution in [1.29, 1.82) is 0 Å². The molecule has 1 atom stereocenters. The minimum atomic E-state index is -1.00. The van der Waals surface area contributed by atoms with E-state index in [4.69, 9.17) is 0 Å². The molecule has 0 saturated carbocycles. The fraction of sp³-hybridized carbons (Fsp3) is 0.600. The van der Waals surface area contributed by atoms with Crippen molar-refractivity contribution in [3.05, 3.63) is 22.3 Å². The summed E-state index contributed by atoms with van der Waals surface area (Å²) >= 11 is 4.13. The quantitative estimate of drug-likeness (QED) is 0.528. The smallest absolute Gasteiger partial charge is 0.128 e. The molecule has 0 radical (unpaired) electrons. The SMILES string of the molecule is CC/C=C(NC)\C(C)=C(\S)C(C)F. The molecule has 0 aromatic heterocycles. The van der Waals surface area contributed by atoms with Crippen molar-refractivity contribution >= 4 is 12.6 Å². The van der Waals surface area contributed by atoms with Gasteiger partial charge in [-0.1, -0.05) is 13.0 Å². The van der Waals surface area contributed by atoms with E-state index in [1.165, 1.54) is 6.92 Å². The first-order valence-corrected chi connectivity index (χ1v) is 4.91. The second-order valence-corrected chi connectivity index (χ2v) is 3.38. The van der Waals surface area contributed by atoms with Gasteiger partial charge in [0.25, 0.3) is 0 Å². The van der Waals surface area contributed by atoms with Gasteiger partial charge in [-0.15, -0.1) is 12.6 Å². The van der Waals surface area contributed by atoms with Crippen LogP contribution in [-0.4, -0.2) is 13.2 Å². The third-order valence-electron chi connectivity index (χ3n) is 1.84. The molecule has 0 aromatic rings. The van der Waals surface area contributed by atoms with Gasteiger partial charge in [-0.3, -0.25) is 0 Å². The predicted octanol–water partition coefficient (Wildman–Crippen LogP) is 3.06. The van der Waals surface area contributed by atoms with Crippen LogP contribution in [0.15, 0.2) is 22.3 Å². The summed E-state index contributed by atoms with van der Waals surface area (Å²) in [7, 11) is 1.83. The van der Waals surface area contributed by atoms with Crippen LogP contribution in [0.1, 0.15) is 27.2 Å².